The third-order valence-corrected chi connectivity index (χ3v) is 6.35. The van der Waals surface area contributed by atoms with E-state index in [1.807, 2.05) is 0 Å². The van der Waals surface area contributed by atoms with E-state index in [1.54, 1.807) is 18.2 Å². The van der Waals surface area contributed by atoms with Crippen LogP contribution in [0.5, 0.6) is 0 Å². The van der Waals surface area contributed by atoms with Crippen molar-refractivity contribution in [2.75, 3.05) is 5.32 Å². The van der Waals surface area contributed by atoms with Crippen molar-refractivity contribution in [2.24, 2.45) is 23.2 Å². The zero-order valence-electron chi connectivity index (χ0n) is 11.9. The Kier molecular flexibility index (Phi) is 3.24. The van der Waals surface area contributed by atoms with Gasteiger partial charge in [-0.2, -0.15) is 0 Å². The van der Waals surface area contributed by atoms with Crippen LogP contribution in [0.15, 0.2) is 18.2 Å². The molecule has 4 fully saturated rings. The number of para-hydroxylation sites is 1. The third-order valence-electron chi connectivity index (χ3n) is 5.72. The lowest BCUT2D eigenvalue weighted by atomic mass is 9.49. The van der Waals surface area contributed by atoms with Crippen LogP contribution in [0.4, 0.5) is 5.69 Å². The van der Waals surface area contributed by atoms with E-state index in [-0.39, 0.29) is 11.3 Å². The Morgan fingerprint density at radius 1 is 1.00 bits per heavy atom. The largest absolute Gasteiger partial charge is 0.323 e. The number of carbonyl (C=O) groups excluding carboxylic acids is 1. The Balaban J connectivity index is 1.60. The fourth-order valence-corrected chi connectivity index (χ4v) is 5.74. The van der Waals surface area contributed by atoms with Crippen LogP contribution in [-0.4, -0.2) is 5.91 Å². The van der Waals surface area contributed by atoms with Crippen LogP contribution < -0.4 is 5.32 Å². The second kappa shape index (κ2) is 4.89. The number of hydrogen-bond donors (Lipinski definition) is 1. The normalized spacial score (nSPS) is 36.8. The summed E-state index contributed by atoms with van der Waals surface area (Å²) >= 11 is 12.4. The summed E-state index contributed by atoms with van der Waals surface area (Å²) in [6.07, 6.45) is 7.14. The monoisotopic (exact) mass is 323 g/mol. The van der Waals surface area contributed by atoms with Crippen LogP contribution in [0.2, 0.25) is 10.0 Å². The molecule has 1 aromatic carbocycles. The summed E-state index contributed by atoms with van der Waals surface area (Å²) in [5.74, 6) is 2.40. The van der Waals surface area contributed by atoms with Gasteiger partial charge in [-0.05, 0) is 68.4 Å². The minimum atomic E-state index is -0.169. The molecule has 4 aliphatic rings. The Bertz CT molecular complexity index is 543. The van der Waals surface area contributed by atoms with E-state index < -0.39 is 0 Å². The fourth-order valence-electron chi connectivity index (χ4n) is 5.25. The van der Waals surface area contributed by atoms with E-state index in [0.717, 1.165) is 37.0 Å². The van der Waals surface area contributed by atoms with Gasteiger partial charge in [0.1, 0.15) is 0 Å². The van der Waals surface area contributed by atoms with Gasteiger partial charge in [-0.25, -0.2) is 0 Å². The highest BCUT2D eigenvalue weighted by Crippen LogP contribution is 2.60. The maximum Gasteiger partial charge on any atom is 0.230 e. The van der Waals surface area contributed by atoms with Crippen molar-refractivity contribution in [3.05, 3.63) is 28.2 Å². The second-order valence-corrected chi connectivity index (χ2v) is 8.06. The van der Waals surface area contributed by atoms with Gasteiger partial charge >= 0.3 is 0 Å². The average molecular weight is 324 g/mol. The highest BCUT2D eigenvalue weighted by atomic mass is 35.5. The standard InChI is InChI=1S/C17H19Cl2NO/c18-13-2-1-3-14(19)15(13)20-16(21)17-7-10-4-11(8-17)6-12(5-10)9-17/h1-3,10-12H,4-9H2,(H,20,21). The summed E-state index contributed by atoms with van der Waals surface area (Å²) in [7, 11) is 0. The molecule has 0 radical (unpaired) electrons. The molecule has 4 heteroatoms. The van der Waals surface area contributed by atoms with Gasteiger partial charge in [-0.15, -0.1) is 0 Å². The van der Waals surface area contributed by atoms with E-state index in [9.17, 15) is 4.79 Å². The van der Waals surface area contributed by atoms with Crippen molar-refractivity contribution in [1.82, 2.24) is 0 Å². The lowest BCUT2D eigenvalue weighted by molar-refractivity contribution is -0.140. The van der Waals surface area contributed by atoms with Crippen LogP contribution in [0.25, 0.3) is 0 Å². The van der Waals surface area contributed by atoms with Crippen LogP contribution in [0, 0.1) is 23.2 Å². The molecule has 2 nitrogen and oxygen atoms in total. The first-order valence-electron chi connectivity index (χ1n) is 7.81. The first kappa shape index (κ1) is 13.9. The number of hydrogen-bond acceptors (Lipinski definition) is 1. The number of anilines is 1. The van der Waals surface area contributed by atoms with E-state index in [1.165, 1.54) is 19.3 Å². The number of benzene rings is 1. The van der Waals surface area contributed by atoms with E-state index in [2.05, 4.69) is 5.32 Å². The zero-order chi connectivity index (χ0) is 14.6. The summed E-state index contributed by atoms with van der Waals surface area (Å²) in [5, 5.41) is 4.06. The highest BCUT2D eigenvalue weighted by Gasteiger charge is 2.54. The molecule has 1 aromatic rings. The number of carbonyl (C=O) groups is 1. The van der Waals surface area contributed by atoms with Gasteiger partial charge in [0.05, 0.1) is 21.1 Å². The van der Waals surface area contributed by atoms with Gasteiger partial charge in [-0.3, -0.25) is 4.79 Å². The molecule has 4 aliphatic carbocycles. The molecule has 4 saturated carbocycles. The molecular formula is C17H19Cl2NO. The molecule has 112 valence electrons. The highest BCUT2D eigenvalue weighted by molar-refractivity contribution is 6.39. The summed E-state index contributed by atoms with van der Waals surface area (Å²) in [6.45, 7) is 0. The van der Waals surface area contributed by atoms with Gasteiger partial charge in [0, 0.05) is 0 Å². The van der Waals surface area contributed by atoms with Crippen LogP contribution in [0.1, 0.15) is 38.5 Å². The summed E-state index contributed by atoms with van der Waals surface area (Å²) in [5.41, 5.74) is 0.402. The number of nitrogens with one attached hydrogen (secondary N) is 1. The van der Waals surface area contributed by atoms with Crippen molar-refractivity contribution >= 4 is 34.8 Å². The topological polar surface area (TPSA) is 29.1 Å². The minimum absolute atomic E-state index is 0.136. The van der Waals surface area contributed by atoms with Crippen molar-refractivity contribution in [2.45, 2.75) is 38.5 Å². The maximum absolute atomic E-state index is 12.9. The van der Waals surface area contributed by atoms with Crippen LogP contribution in [0.3, 0.4) is 0 Å². The predicted molar refractivity (Wildman–Crippen MR) is 85.7 cm³/mol. The maximum atomic E-state index is 12.9. The molecule has 0 atom stereocenters. The molecule has 1 N–H and O–H groups in total. The third kappa shape index (κ3) is 2.27. The number of rotatable bonds is 2. The Labute approximate surface area is 135 Å². The molecule has 21 heavy (non-hydrogen) atoms. The number of amides is 1. The van der Waals surface area contributed by atoms with Crippen molar-refractivity contribution in [3.8, 4) is 0 Å². The number of halogens is 2. The van der Waals surface area contributed by atoms with Crippen molar-refractivity contribution in [3.63, 3.8) is 0 Å². The smallest absolute Gasteiger partial charge is 0.230 e. The minimum Gasteiger partial charge on any atom is -0.323 e. The average Bonchev–Trinajstić information content (AvgIpc) is 2.41. The summed E-state index contributed by atoms with van der Waals surface area (Å²) in [6, 6.07) is 5.33. The summed E-state index contributed by atoms with van der Waals surface area (Å²) in [4.78, 5) is 12.9. The molecule has 0 aliphatic heterocycles. The van der Waals surface area contributed by atoms with Gasteiger partial charge in [0.25, 0.3) is 0 Å². The van der Waals surface area contributed by atoms with Gasteiger partial charge in [-0.1, -0.05) is 29.3 Å². The molecule has 0 spiro atoms. The summed E-state index contributed by atoms with van der Waals surface area (Å²) < 4.78 is 0. The van der Waals surface area contributed by atoms with E-state index >= 15 is 0 Å². The van der Waals surface area contributed by atoms with Gasteiger partial charge in [0.2, 0.25) is 5.91 Å². The molecule has 1 amide bonds. The van der Waals surface area contributed by atoms with E-state index in [4.69, 9.17) is 23.2 Å². The Morgan fingerprint density at radius 3 is 1.95 bits per heavy atom. The molecule has 4 bridgehead atoms. The molecule has 0 saturated heterocycles. The molecular weight excluding hydrogens is 305 g/mol. The fraction of sp³-hybridized carbons (Fsp3) is 0.588. The van der Waals surface area contributed by atoms with Crippen molar-refractivity contribution < 1.29 is 4.79 Å². The molecule has 0 unspecified atom stereocenters. The van der Waals surface area contributed by atoms with Crippen LogP contribution >= 0.6 is 23.2 Å². The Hall–Kier alpha value is -0.730. The lowest BCUT2D eigenvalue weighted by Gasteiger charge is -2.55. The van der Waals surface area contributed by atoms with E-state index in [0.29, 0.717) is 15.7 Å². The Morgan fingerprint density at radius 2 is 1.48 bits per heavy atom. The lowest BCUT2D eigenvalue weighted by Crippen LogP contribution is -2.51. The van der Waals surface area contributed by atoms with Gasteiger partial charge < -0.3 is 5.32 Å². The first-order valence-corrected chi connectivity index (χ1v) is 8.57. The SMILES string of the molecule is O=C(Nc1c(Cl)cccc1Cl)C12CC3CC(CC(C3)C1)C2. The predicted octanol–water partition coefficient (Wildman–Crippen LogP) is 5.15. The van der Waals surface area contributed by atoms with Crippen molar-refractivity contribution in [1.29, 1.82) is 0 Å². The zero-order valence-corrected chi connectivity index (χ0v) is 13.4. The van der Waals surface area contributed by atoms with Gasteiger partial charge in [0.15, 0.2) is 0 Å². The quantitative estimate of drug-likeness (QED) is 0.801. The first-order chi connectivity index (χ1) is 10.1. The van der Waals surface area contributed by atoms with Crippen LogP contribution in [-0.2, 0) is 4.79 Å². The second-order valence-electron chi connectivity index (χ2n) is 7.25. The molecule has 5 rings (SSSR count). The molecule has 0 aromatic heterocycles. The molecule has 0 heterocycles.